The Morgan fingerprint density at radius 2 is 2.14 bits per heavy atom. The fourth-order valence-electron chi connectivity index (χ4n) is 0.992. The zero-order chi connectivity index (χ0) is 10.6. The van der Waals surface area contributed by atoms with Crippen molar-refractivity contribution in [3.05, 3.63) is 23.9 Å². The second-order valence-corrected chi connectivity index (χ2v) is 3.31. The lowest BCUT2D eigenvalue weighted by atomic mass is 10.1. The van der Waals surface area contributed by atoms with Crippen LogP contribution in [0.5, 0.6) is 0 Å². The highest BCUT2D eigenvalue weighted by Gasteiger charge is 2.04. The van der Waals surface area contributed by atoms with E-state index >= 15 is 0 Å². The van der Waals surface area contributed by atoms with E-state index in [1.807, 2.05) is 12.2 Å². The Morgan fingerprint density at radius 1 is 1.43 bits per heavy atom. The van der Waals surface area contributed by atoms with Crippen molar-refractivity contribution in [3.8, 4) is 0 Å². The number of allylic oxidation sites excluding steroid dienone is 3. The van der Waals surface area contributed by atoms with Crippen LogP contribution in [0.4, 0.5) is 0 Å². The van der Waals surface area contributed by atoms with Crippen molar-refractivity contribution in [3.63, 3.8) is 0 Å². The first-order valence-corrected chi connectivity index (χ1v) is 4.48. The molecule has 6 heteroatoms. The van der Waals surface area contributed by atoms with Gasteiger partial charge in [0.25, 0.3) is 0 Å². The van der Waals surface area contributed by atoms with Crippen LogP contribution in [0.2, 0.25) is 0 Å². The van der Waals surface area contributed by atoms with Gasteiger partial charge in [-0.05, 0) is 18.6 Å². The average molecular weight is 214 g/mol. The minimum Gasteiger partial charge on any atom is -0.370 e. The molecule has 5 nitrogen and oxygen atoms in total. The zero-order valence-corrected chi connectivity index (χ0v) is 8.28. The molecular formula is C8H12ClN5. The van der Waals surface area contributed by atoms with E-state index in [0.29, 0.717) is 5.70 Å². The monoisotopic (exact) mass is 213 g/mol. The lowest BCUT2D eigenvalue weighted by Crippen LogP contribution is -2.26. The van der Waals surface area contributed by atoms with Crippen LogP contribution in [0, 0.1) is 0 Å². The Labute approximate surface area is 87.0 Å². The van der Waals surface area contributed by atoms with E-state index in [0.717, 1.165) is 6.42 Å². The predicted molar refractivity (Wildman–Crippen MR) is 58.9 cm³/mol. The second kappa shape index (κ2) is 4.66. The van der Waals surface area contributed by atoms with Crippen LogP contribution in [0.15, 0.2) is 33.9 Å². The van der Waals surface area contributed by atoms with Gasteiger partial charge in [-0.3, -0.25) is 0 Å². The van der Waals surface area contributed by atoms with E-state index in [1.165, 1.54) is 0 Å². The number of halogens is 1. The summed E-state index contributed by atoms with van der Waals surface area (Å²) in [6.07, 6.45) is 6.31. The predicted octanol–water partition coefficient (Wildman–Crippen LogP) is 0.0257. The Bertz CT molecular complexity index is 325. The summed E-state index contributed by atoms with van der Waals surface area (Å²) in [4.78, 5) is 7.54. The quantitative estimate of drug-likeness (QED) is 0.325. The summed E-state index contributed by atoms with van der Waals surface area (Å²) in [5.74, 6) is -0.0965. The van der Waals surface area contributed by atoms with E-state index in [2.05, 4.69) is 9.98 Å². The van der Waals surface area contributed by atoms with Crippen molar-refractivity contribution in [2.75, 3.05) is 0 Å². The molecule has 0 aliphatic heterocycles. The summed E-state index contributed by atoms with van der Waals surface area (Å²) in [6.45, 7) is 0. The molecule has 1 unspecified atom stereocenters. The van der Waals surface area contributed by atoms with E-state index in [-0.39, 0.29) is 17.3 Å². The molecule has 0 fully saturated rings. The van der Waals surface area contributed by atoms with Crippen LogP contribution in [0.1, 0.15) is 6.42 Å². The van der Waals surface area contributed by atoms with Crippen molar-refractivity contribution in [2.45, 2.75) is 11.8 Å². The summed E-state index contributed by atoms with van der Waals surface area (Å²) < 4.78 is 0. The van der Waals surface area contributed by atoms with Crippen LogP contribution in [0.25, 0.3) is 0 Å². The fourth-order valence-corrected chi connectivity index (χ4v) is 1.22. The third-order valence-corrected chi connectivity index (χ3v) is 1.79. The lowest BCUT2D eigenvalue weighted by molar-refractivity contribution is 1.02. The van der Waals surface area contributed by atoms with Gasteiger partial charge in [-0.15, -0.1) is 11.6 Å². The molecule has 6 N–H and O–H groups in total. The van der Waals surface area contributed by atoms with Crippen LogP contribution in [0.3, 0.4) is 0 Å². The number of guanidine groups is 2. The maximum Gasteiger partial charge on any atom is 0.223 e. The third-order valence-electron chi connectivity index (χ3n) is 1.49. The maximum atomic E-state index is 5.88. The summed E-state index contributed by atoms with van der Waals surface area (Å²) in [5.41, 5.74) is 16.4. The molecule has 0 aromatic heterocycles. The molecule has 0 radical (unpaired) electrons. The van der Waals surface area contributed by atoms with Gasteiger partial charge < -0.3 is 17.2 Å². The molecule has 0 aromatic rings. The number of rotatable bonds is 1. The van der Waals surface area contributed by atoms with Gasteiger partial charge in [-0.2, -0.15) is 4.99 Å². The SMILES string of the molecule is NC(N)=NC(N)=NC1=CC(Cl)CC=C1. The minimum absolute atomic E-state index is 0.0201. The first-order chi connectivity index (χ1) is 6.58. The number of aliphatic imine (C=N–C) groups is 2. The number of alkyl halides is 1. The summed E-state index contributed by atoms with van der Waals surface area (Å²) in [7, 11) is 0. The number of hydrogen-bond acceptors (Lipinski definition) is 1. The summed E-state index contributed by atoms with van der Waals surface area (Å²) >= 11 is 5.88. The van der Waals surface area contributed by atoms with Crippen LogP contribution >= 0.6 is 11.6 Å². The Balaban J connectivity index is 2.76. The largest absolute Gasteiger partial charge is 0.370 e. The van der Waals surface area contributed by atoms with E-state index in [1.54, 1.807) is 6.08 Å². The van der Waals surface area contributed by atoms with E-state index in [9.17, 15) is 0 Å². The van der Waals surface area contributed by atoms with Crippen molar-refractivity contribution in [1.82, 2.24) is 0 Å². The average Bonchev–Trinajstić information content (AvgIpc) is 2.01. The molecule has 1 aliphatic rings. The molecule has 76 valence electrons. The van der Waals surface area contributed by atoms with Crippen molar-refractivity contribution in [1.29, 1.82) is 0 Å². The fraction of sp³-hybridized carbons (Fsp3) is 0.250. The molecule has 1 rings (SSSR count). The van der Waals surface area contributed by atoms with Gasteiger partial charge in [0.1, 0.15) is 0 Å². The normalized spacial score (nSPS) is 21.6. The third kappa shape index (κ3) is 3.49. The summed E-state index contributed by atoms with van der Waals surface area (Å²) in [6, 6.07) is 0. The number of nitrogens with zero attached hydrogens (tertiary/aromatic N) is 2. The molecule has 0 spiro atoms. The topological polar surface area (TPSA) is 103 Å². The van der Waals surface area contributed by atoms with E-state index in [4.69, 9.17) is 28.8 Å². The minimum atomic E-state index is -0.117. The van der Waals surface area contributed by atoms with Crippen LogP contribution in [-0.4, -0.2) is 17.3 Å². The molecule has 0 amide bonds. The molecular weight excluding hydrogens is 202 g/mol. The Morgan fingerprint density at radius 3 is 2.71 bits per heavy atom. The van der Waals surface area contributed by atoms with Crippen molar-refractivity contribution in [2.24, 2.45) is 27.2 Å². The van der Waals surface area contributed by atoms with Crippen molar-refractivity contribution < 1.29 is 0 Å². The zero-order valence-electron chi connectivity index (χ0n) is 7.52. The van der Waals surface area contributed by atoms with Crippen LogP contribution < -0.4 is 17.2 Å². The lowest BCUT2D eigenvalue weighted by Gasteiger charge is -2.06. The van der Waals surface area contributed by atoms with Gasteiger partial charge in [0.05, 0.1) is 11.1 Å². The summed E-state index contributed by atoms with van der Waals surface area (Å²) in [5, 5.41) is -0.0502. The highest BCUT2D eigenvalue weighted by molar-refractivity contribution is 6.22. The Kier molecular flexibility index (Phi) is 3.53. The number of hydrogen-bond donors (Lipinski definition) is 3. The maximum absolute atomic E-state index is 5.88. The standard InChI is InChI=1S/C8H12ClN5/c9-5-2-1-3-6(4-5)13-8(12)14-7(10)11/h1,3-5H,2H2,(H6,10,11,12,13,14). The van der Waals surface area contributed by atoms with Gasteiger partial charge in [-0.25, -0.2) is 4.99 Å². The molecule has 0 heterocycles. The van der Waals surface area contributed by atoms with Gasteiger partial charge in [-0.1, -0.05) is 6.08 Å². The van der Waals surface area contributed by atoms with Crippen LogP contribution in [-0.2, 0) is 0 Å². The first-order valence-electron chi connectivity index (χ1n) is 4.04. The molecule has 0 aromatic carbocycles. The van der Waals surface area contributed by atoms with Gasteiger partial charge >= 0.3 is 0 Å². The highest BCUT2D eigenvalue weighted by Crippen LogP contribution is 2.15. The van der Waals surface area contributed by atoms with E-state index < -0.39 is 0 Å². The smallest absolute Gasteiger partial charge is 0.223 e. The molecule has 0 saturated heterocycles. The Hall–Kier alpha value is -1.49. The molecule has 1 atom stereocenters. The first kappa shape index (κ1) is 10.6. The molecule has 0 bridgehead atoms. The van der Waals surface area contributed by atoms with Gasteiger partial charge in [0.15, 0.2) is 5.96 Å². The van der Waals surface area contributed by atoms with Crippen molar-refractivity contribution >= 4 is 23.5 Å². The number of nitrogens with two attached hydrogens (primary N) is 3. The molecule has 0 saturated carbocycles. The second-order valence-electron chi connectivity index (χ2n) is 2.75. The van der Waals surface area contributed by atoms with Gasteiger partial charge in [0, 0.05) is 0 Å². The highest BCUT2D eigenvalue weighted by atomic mass is 35.5. The van der Waals surface area contributed by atoms with Gasteiger partial charge in [0.2, 0.25) is 5.96 Å². The molecule has 14 heavy (non-hydrogen) atoms. The molecule has 1 aliphatic carbocycles.